The van der Waals surface area contributed by atoms with Crippen molar-refractivity contribution in [2.45, 2.75) is 50.4 Å². The molecule has 0 amide bonds. The molecule has 0 aromatic carbocycles. The van der Waals surface area contributed by atoms with E-state index in [4.69, 9.17) is 4.74 Å². The van der Waals surface area contributed by atoms with E-state index in [0.717, 1.165) is 31.0 Å². The van der Waals surface area contributed by atoms with Crippen molar-refractivity contribution in [2.75, 3.05) is 5.33 Å². The molecule has 80 valence electrons. The Hall–Kier alpha value is 0.400. The molecule has 4 atom stereocenters. The molecule has 1 N–H and O–H groups in total. The number of hydrogen-bond donors (Lipinski definition) is 1. The lowest BCUT2D eigenvalue weighted by Crippen LogP contribution is -2.64. The first-order valence-corrected chi connectivity index (χ1v) is 6.57. The second-order valence-electron chi connectivity index (χ2n) is 6.01. The van der Waals surface area contributed by atoms with E-state index in [1.54, 1.807) is 0 Å². The summed E-state index contributed by atoms with van der Waals surface area (Å²) in [6, 6.07) is 0. The molecule has 2 saturated heterocycles. The fraction of sp³-hybridized carbons (Fsp3) is 1.00. The van der Waals surface area contributed by atoms with Gasteiger partial charge in [0.1, 0.15) is 0 Å². The average Bonchev–Trinajstić information content (AvgIpc) is 1.97. The van der Waals surface area contributed by atoms with Crippen LogP contribution < -0.4 is 0 Å². The maximum atomic E-state index is 10.3. The fourth-order valence-electron chi connectivity index (χ4n) is 4.37. The van der Waals surface area contributed by atoms with Gasteiger partial charge >= 0.3 is 0 Å². The Kier molecular flexibility index (Phi) is 1.75. The second kappa shape index (κ2) is 2.55. The van der Waals surface area contributed by atoms with Crippen LogP contribution in [0.3, 0.4) is 0 Å². The lowest BCUT2D eigenvalue weighted by atomic mass is 9.54. The Morgan fingerprint density at radius 1 is 1.36 bits per heavy atom. The van der Waals surface area contributed by atoms with Crippen molar-refractivity contribution in [3.05, 3.63) is 0 Å². The number of hydrogen-bond acceptors (Lipinski definition) is 2. The van der Waals surface area contributed by atoms with E-state index < -0.39 is 5.79 Å². The minimum atomic E-state index is -0.804. The first-order chi connectivity index (χ1) is 6.47. The van der Waals surface area contributed by atoms with Gasteiger partial charge in [-0.3, -0.25) is 0 Å². The Morgan fingerprint density at radius 2 is 2.14 bits per heavy atom. The van der Waals surface area contributed by atoms with Gasteiger partial charge in [0.05, 0.1) is 5.60 Å². The number of alkyl halides is 1. The smallest absolute Gasteiger partial charge is 0.166 e. The standard InChI is InChI=1S/C11H17BrO2/c1-9-2-8-3-10(5-9,7-12)14-11(13,4-8)6-9/h8,13H,2-7H2,1H3. The quantitative estimate of drug-likeness (QED) is 0.734. The molecule has 2 heterocycles. The monoisotopic (exact) mass is 260 g/mol. The van der Waals surface area contributed by atoms with Gasteiger partial charge in [-0.2, -0.15) is 0 Å². The van der Waals surface area contributed by atoms with Crippen LogP contribution in [0.4, 0.5) is 0 Å². The Balaban J connectivity index is 2.01. The molecule has 4 unspecified atom stereocenters. The van der Waals surface area contributed by atoms with Gasteiger partial charge in [0.15, 0.2) is 5.79 Å². The van der Waals surface area contributed by atoms with Crippen LogP contribution in [0.25, 0.3) is 0 Å². The normalized spacial score (nSPS) is 60.6. The van der Waals surface area contributed by atoms with Crippen LogP contribution in [0.15, 0.2) is 0 Å². The third-order valence-electron chi connectivity index (χ3n) is 4.15. The first-order valence-electron chi connectivity index (χ1n) is 5.45. The molecule has 2 nitrogen and oxygen atoms in total. The average molecular weight is 261 g/mol. The molecule has 0 aromatic heterocycles. The van der Waals surface area contributed by atoms with Crippen molar-refractivity contribution in [1.82, 2.24) is 0 Å². The SMILES string of the molecule is CC12CC3CC(O)(C1)OC(CBr)(C3)C2. The molecule has 0 radical (unpaired) electrons. The van der Waals surface area contributed by atoms with Crippen molar-refractivity contribution in [1.29, 1.82) is 0 Å². The Labute approximate surface area is 93.1 Å². The van der Waals surface area contributed by atoms with Gasteiger partial charge in [0.25, 0.3) is 0 Å². The Morgan fingerprint density at radius 3 is 2.71 bits per heavy atom. The predicted molar refractivity (Wildman–Crippen MR) is 57.2 cm³/mol. The van der Waals surface area contributed by atoms with Gasteiger partial charge < -0.3 is 9.84 Å². The van der Waals surface area contributed by atoms with E-state index in [-0.39, 0.29) is 5.60 Å². The second-order valence-corrected chi connectivity index (χ2v) is 6.57. The highest BCUT2D eigenvalue weighted by Gasteiger charge is 2.62. The minimum absolute atomic E-state index is 0.0666. The zero-order chi connectivity index (χ0) is 10.0. The van der Waals surface area contributed by atoms with Crippen LogP contribution in [0.2, 0.25) is 0 Å². The summed E-state index contributed by atoms with van der Waals surface area (Å²) >= 11 is 3.55. The first kappa shape index (κ1) is 9.61. The number of halogens is 1. The third kappa shape index (κ3) is 1.22. The van der Waals surface area contributed by atoms with Gasteiger partial charge in [0.2, 0.25) is 0 Å². The van der Waals surface area contributed by atoms with Crippen molar-refractivity contribution in [3.8, 4) is 0 Å². The number of rotatable bonds is 1. The summed E-state index contributed by atoms with van der Waals surface area (Å²) in [7, 11) is 0. The molecule has 0 spiro atoms. The molecule has 3 heteroatoms. The van der Waals surface area contributed by atoms with Gasteiger partial charge in [-0.1, -0.05) is 22.9 Å². The Bertz CT molecular complexity index is 260. The van der Waals surface area contributed by atoms with Gasteiger partial charge in [0, 0.05) is 18.2 Å². The van der Waals surface area contributed by atoms with Crippen molar-refractivity contribution < 1.29 is 9.84 Å². The highest BCUT2D eigenvalue weighted by Crippen LogP contribution is 2.62. The zero-order valence-electron chi connectivity index (χ0n) is 8.55. The van der Waals surface area contributed by atoms with E-state index >= 15 is 0 Å². The summed E-state index contributed by atoms with van der Waals surface area (Å²) in [5.41, 5.74) is 0.255. The van der Waals surface area contributed by atoms with Crippen molar-refractivity contribution in [2.24, 2.45) is 11.3 Å². The van der Waals surface area contributed by atoms with Gasteiger partial charge in [-0.25, -0.2) is 0 Å². The molecule has 2 aliphatic heterocycles. The molecular weight excluding hydrogens is 244 g/mol. The molecule has 4 rings (SSSR count). The van der Waals surface area contributed by atoms with Crippen LogP contribution in [0, 0.1) is 11.3 Å². The molecule has 2 saturated carbocycles. The molecule has 4 fully saturated rings. The van der Waals surface area contributed by atoms with Crippen molar-refractivity contribution in [3.63, 3.8) is 0 Å². The summed E-state index contributed by atoms with van der Waals surface area (Å²) in [6.45, 7) is 2.31. The zero-order valence-corrected chi connectivity index (χ0v) is 10.1. The van der Waals surface area contributed by atoms with E-state index in [1.807, 2.05) is 0 Å². The molecule has 4 aliphatic rings. The van der Waals surface area contributed by atoms with Gasteiger partial charge in [-0.15, -0.1) is 0 Å². The van der Waals surface area contributed by atoms with E-state index in [1.165, 1.54) is 6.42 Å². The van der Waals surface area contributed by atoms with Gasteiger partial charge in [-0.05, 0) is 30.6 Å². The molecule has 0 aromatic rings. The third-order valence-corrected chi connectivity index (χ3v) is 5.17. The summed E-state index contributed by atoms with van der Waals surface area (Å²) in [5, 5.41) is 11.2. The summed E-state index contributed by atoms with van der Waals surface area (Å²) in [6.07, 6.45) is 5.23. The summed E-state index contributed by atoms with van der Waals surface area (Å²) in [5.74, 6) is -0.124. The largest absolute Gasteiger partial charge is 0.365 e. The molecule has 14 heavy (non-hydrogen) atoms. The van der Waals surface area contributed by atoms with E-state index in [0.29, 0.717) is 11.3 Å². The van der Waals surface area contributed by atoms with Crippen molar-refractivity contribution >= 4 is 15.9 Å². The molecule has 2 aliphatic carbocycles. The van der Waals surface area contributed by atoms with Crippen LogP contribution in [-0.2, 0) is 4.74 Å². The fourth-order valence-corrected chi connectivity index (χ4v) is 4.92. The predicted octanol–water partition coefficient (Wildman–Crippen LogP) is 2.44. The lowest BCUT2D eigenvalue weighted by Gasteiger charge is -2.63. The number of ether oxygens (including phenoxy) is 1. The maximum Gasteiger partial charge on any atom is 0.166 e. The van der Waals surface area contributed by atoms with Crippen LogP contribution >= 0.6 is 15.9 Å². The maximum absolute atomic E-state index is 10.3. The summed E-state index contributed by atoms with van der Waals surface area (Å²) < 4.78 is 5.92. The van der Waals surface area contributed by atoms with E-state index in [9.17, 15) is 5.11 Å². The van der Waals surface area contributed by atoms with E-state index in [2.05, 4.69) is 22.9 Å². The van der Waals surface area contributed by atoms with Crippen LogP contribution in [0.5, 0.6) is 0 Å². The minimum Gasteiger partial charge on any atom is -0.365 e. The number of aliphatic hydroxyl groups is 1. The van der Waals surface area contributed by atoms with Crippen LogP contribution in [-0.4, -0.2) is 21.8 Å². The lowest BCUT2D eigenvalue weighted by molar-refractivity contribution is -0.364. The highest BCUT2D eigenvalue weighted by molar-refractivity contribution is 9.09. The topological polar surface area (TPSA) is 29.5 Å². The van der Waals surface area contributed by atoms with Crippen LogP contribution in [0.1, 0.15) is 39.0 Å². The highest BCUT2D eigenvalue weighted by atomic mass is 79.9. The molecular formula is C11H17BrO2. The summed E-state index contributed by atoms with van der Waals surface area (Å²) in [4.78, 5) is 0. The molecule has 4 bridgehead atoms.